The molecule has 1 aromatic rings. The number of benzene rings is 1. The number of sulfonamides is 1. The van der Waals surface area contributed by atoms with E-state index in [9.17, 15) is 12.8 Å². The first-order chi connectivity index (χ1) is 8.13. The monoisotopic (exact) mass is 292 g/mol. The Morgan fingerprint density at radius 1 is 1.50 bits per heavy atom. The molecular weight excluding hydrogens is 279 g/mol. The van der Waals surface area contributed by atoms with Gasteiger partial charge in [-0.15, -0.1) is 0 Å². The molecule has 0 radical (unpaired) electrons. The highest BCUT2D eigenvalue weighted by Gasteiger charge is 2.48. The third-order valence-corrected chi connectivity index (χ3v) is 4.82. The molecule has 3 N–H and O–H groups in total. The lowest BCUT2D eigenvalue weighted by atomic mass is 10.2. The average molecular weight is 293 g/mol. The lowest BCUT2D eigenvalue weighted by Crippen LogP contribution is -2.29. The van der Waals surface area contributed by atoms with Gasteiger partial charge in [-0.05, 0) is 24.0 Å². The third kappa shape index (κ3) is 2.46. The molecule has 18 heavy (non-hydrogen) atoms. The lowest BCUT2D eigenvalue weighted by Gasteiger charge is -2.10. The molecule has 0 saturated heterocycles. The Labute approximate surface area is 110 Å². The Balaban J connectivity index is 2.36. The Kier molecular flexibility index (Phi) is 3.08. The van der Waals surface area contributed by atoms with Crippen molar-refractivity contribution in [3.63, 3.8) is 0 Å². The van der Waals surface area contributed by atoms with Crippen molar-refractivity contribution < 1.29 is 12.8 Å². The molecule has 1 fully saturated rings. The Bertz CT molecular complexity index is 601. The first-order valence-electron chi connectivity index (χ1n) is 5.40. The highest BCUT2D eigenvalue weighted by molar-refractivity contribution is 7.89. The van der Waals surface area contributed by atoms with Crippen LogP contribution in [-0.2, 0) is 10.0 Å². The van der Waals surface area contributed by atoms with Gasteiger partial charge in [0.05, 0.1) is 5.69 Å². The van der Waals surface area contributed by atoms with Gasteiger partial charge in [-0.2, -0.15) is 0 Å². The summed E-state index contributed by atoms with van der Waals surface area (Å²) >= 11 is 5.70. The van der Waals surface area contributed by atoms with Crippen LogP contribution in [0, 0.1) is 11.2 Å². The molecule has 1 unspecified atom stereocenters. The van der Waals surface area contributed by atoms with Crippen LogP contribution < -0.4 is 10.5 Å². The van der Waals surface area contributed by atoms with Crippen molar-refractivity contribution in [2.45, 2.75) is 31.2 Å². The van der Waals surface area contributed by atoms with Crippen molar-refractivity contribution in [2.24, 2.45) is 5.41 Å². The highest BCUT2D eigenvalue weighted by Crippen LogP contribution is 2.45. The van der Waals surface area contributed by atoms with Crippen molar-refractivity contribution in [3.05, 3.63) is 23.0 Å². The van der Waals surface area contributed by atoms with E-state index in [0.717, 1.165) is 12.5 Å². The zero-order valence-electron chi connectivity index (χ0n) is 10.00. The van der Waals surface area contributed by atoms with Crippen molar-refractivity contribution in [2.75, 3.05) is 5.73 Å². The van der Waals surface area contributed by atoms with Crippen LogP contribution in [0.4, 0.5) is 10.1 Å². The van der Waals surface area contributed by atoms with E-state index in [2.05, 4.69) is 4.72 Å². The van der Waals surface area contributed by atoms with E-state index in [4.69, 9.17) is 17.3 Å². The number of nitrogens with two attached hydrogens (primary N) is 1. The maximum absolute atomic E-state index is 13.7. The van der Waals surface area contributed by atoms with E-state index >= 15 is 0 Å². The molecule has 2 rings (SSSR count). The van der Waals surface area contributed by atoms with Crippen LogP contribution in [0.3, 0.4) is 0 Å². The van der Waals surface area contributed by atoms with Crippen LogP contribution in [0.15, 0.2) is 17.0 Å². The van der Waals surface area contributed by atoms with Crippen molar-refractivity contribution >= 4 is 27.3 Å². The molecular formula is C11H14ClFN2O2S. The molecule has 1 aromatic carbocycles. The summed E-state index contributed by atoms with van der Waals surface area (Å²) in [5.41, 5.74) is 5.00. The van der Waals surface area contributed by atoms with Crippen LogP contribution in [0.5, 0.6) is 0 Å². The molecule has 1 aliphatic rings. The van der Waals surface area contributed by atoms with Gasteiger partial charge in [0.25, 0.3) is 0 Å². The summed E-state index contributed by atoms with van der Waals surface area (Å²) in [6.45, 7) is 3.87. The fraction of sp³-hybridized carbons (Fsp3) is 0.455. The van der Waals surface area contributed by atoms with Crippen LogP contribution in [-0.4, -0.2) is 14.5 Å². The Morgan fingerprint density at radius 2 is 2.06 bits per heavy atom. The van der Waals surface area contributed by atoms with E-state index in [1.165, 1.54) is 6.07 Å². The number of hydrogen-bond donors (Lipinski definition) is 2. The van der Waals surface area contributed by atoms with Crippen LogP contribution in [0.25, 0.3) is 0 Å². The zero-order valence-corrected chi connectivity index (χ0v) is 11.6. The van der Waals surface area contributed by atoms with Gasteiger partial charge >= 0.3 is 0 Å². The van der Waals surface area contributed by atoms with E-state index in [1.807, 2.05) is 13.8 Å². The topological polar surface area (TPSA) is 72.2 Å². The maximum Gasteiger partial charge on any atom is 0.243 e. The standard InChI is InChI=1S/C11H14ClFN2O2S/c1-11(2)5-9(11)15-18(16,17)8-4-6(12)3-7(14)10(8)13/h3-4,9,15H,5,14H2,1-2H3. The fourth-order valence-electron chi connectivity index (χ4n) is 1.70. The molecule has 0 heterocycles. The fourth-order valence-corrected chi connectivity index (χ4v) is 3.53. The van der Waals surface area contributed by atoms with Gasteiger partial charge in [0.15, 0.2) is 5.82 Å². The quantitative estimate of drug-likeness (QED) is 0.838. The van der Waals surface area contributed by atoms with Gasteiger partial charge < -0.3 is 5.73 Å². The minimum absolute atomic E-state index is 0.0873. The summed E-state index contributed by atoms with van der Waals surface area (Å²) in [5.74, 6) is -0.967. The molecule has 0 bridgehead atoms. The summed E-state index contributed by atoms with van der Waals surface area (Å²) in [6.07, 6.45) is 0.726. The molecule has 7 heteroatoms. The maximum atomic E-state index is 13.7. The number of rotatable bonds is 3. The smallest absolute Gasteiger partial charge is 0.243 e. The van der Waals surface area contributed by atoms with Gasteiger partial charge in [-0.3, -0.25) is 0 Å². The van der Waals surface area contributed by atoms with Gasteiger partial charge in [0.1, 0.15) is 4.90 Å². The van der Waals surface area contributed by atoms with E-state index in [-0.39, 0.29) is 22.2 Å². The average Bonchev–Trinajstić information content (AvgIpc) is 2.78. The number of anilines is 1. The molecule has 1 atom stereocenters. The molecule has 1 saturated carbocycles. The first kappa shape index (κ1) is 13.6. The second-order valence-corrected chi connectivity index (χ2v) is 7.29. The first-order valence-corrected chi connectivity index (χ1v) is 7.26. The summed E-state index contributed by atoms with van der Waals surface area (Å²) in [5, 5.41) is 0.0873. The van der Waals surface area contributed by atoms with Crippen molar-refractivity contribution in [3.8, 4) is 0 Å². The number of hydrogen-bond acceptors (Lipinski definition) is 3. The molecule has 0 amide bonds. The van der Waals surface area contributed by atoms with E-state index < -0.39 is 20.7 Å². The van der Waals surface area contributed by atoms with Gasteiger partial charge in [0.2, 0.25) is 10.0 Å². The summed E-state index contributed by atoms with van der Waals surface area (Å²) in [6, 6.07) is 2.06. The van der Waals surface area contributed by atoms with Gasteiger partial charge in [-0.1, -0.05) is 25.4 Å². The molecule has 100 valence electrons. The van der Waals surface area contributed by atoms with E-state index in [0.29, 0.717) is 0 Å². The minimum Gasteiger partial charge on any atom is -0.396 e. The van der Waals surface area contributed by atoms with Crippen molar-refractivity contribution in [1.82, 2.24) is 4.72 Å². The minimum atomic E-state index is -3.93. The number of nitrogen functional groups attached to an aromatic ring is 1. The van der Waals surface area contributed by atoms with Crippen LogP contribution in [0.2, 0.25) is 5.02 Å². The molecule has 0 aromatic heterocycles. The largest absolute Gasteiger partial charge is 0.396 e. The number of halogens is 2. The predicted molar refractivity (Wildman–Crippen MR) is 68.3 cm³/mol. The normalized spacial score (nSPS) is 21.9. The predicted octanol–water partition coefficient (Wildman–Crippen LogP) is 2.14. The summed E-state index contributed by atoms with van der Waals surface area (Å²) < 4.78 is 40.2. The SMILES string of the molecule is CC1(C)CC1NS(=O)(=O)c1cc(Cl)cc(N)c1F. The van der Waals surface area contributed by atoms with Gasteiger partial charge in [0, 0.05) is 11.1 Å². The van der Waals surface area contributed by atoms with Gasteiger partial charge in [-0.25, -0.2) is 17.5 Å². The van der Waals surface area contributed by atoms with Crippen LogP contribution >= 0.6 is 11.6 Å². The number of nitrogens with one attached hydrogen (secondary N) is 1. The lowest BCUT2D eigenvalue weighted by molar-refractivity contribution is 0.542. The Morgan fingerprint density at radius 3 is 2.56 bits per heavy atom. The molecule has 0 spiro atoms. The van der Waals surface area contributed by atoms with Crippen molar-refractivity contribution in [1.29, 1.82) is 0 Å². The summed E-state index contributed by atoms with van der Waals surface area (Å²) in [4.78, 5) is -0.504. The third-order valence-electron chi connectivity index (χ3n) is 3.13. The molecule has 0 aliphatic heterocycles. The zero-order chi connectivity index (χ0) is 13.7. The summed E-state index contributed by atoms with van der Waals surface area (Å²) in [7, 11) is -3.93. The highest BCUT2D eigenvalue weighted by atomic mass is 35.5. The second kappa shape index (κ2) is 4.08. The van der Waals surface area contributed by atoms with E-state index in [1.54, 1.807) is 0 Å². The second-order valence-electron chi connectivity index (χ2n) is 5.17. The van der Waals surface area contributed by atoms with Crippen LogP contribution in [0.1, 0.15) is 20.3 Å². The molecule has 4 nitrogen and oxygen atoms in total. The Hall–Kier alpha value is -0.850. The molecule has 1 aliphatic carbocycles.